The van der Waals surface area contributed by atoms with E-state index in [0.717, 1.165) is 64.4 Å². The van der Waals surface area contributed by atoms with E-state index in [0.29, 0.717) is 49.7 Å². The smallest absolute Gasteiger partial charge is 0.507 e. The number of hydrogen-bond donors (Lipinski definition) is 2. The summed E-state index contributed by atoms with van der Waals surface area (Å²) in [4.78, 5) is 51.8. The third-order valence-corrected chi connectivity index (χ3v) is 23.1. The number of ketones is 1. The second-order valence-electron chi connectivity index (χ2n) is 33.0. The Morgan fingerprint density at radius 3 is 1.34 bits per heavy atom. The Balaban J connectivity index is 0.000000174. The van der Waals surface area contributed by atoms with Crippen molar-refractivity contribution < 1.29 is 92.1 Å². The fourth-order valence-corrected chi connectivity index (χ4v) is 16.6. The summed E-state index contributed by atoms with van der Waals surface area (Å²) >= 11 is 0. The van der Waals surface area contributed by atoms with Gasteiger partial charge in [0.05, 0.1) is 11.6 Å². The molecule has 5 saturated carbocycles. The maximum atomic E-state index is 13.2. The molecular formula is C99H106AuF2IrN7O4Pt-2. The molecule has 5 fully saturated rings. The number of carboxylic acid groups (broad SMARTS) is 1. The first kappa shape index (κ1) is 92.1. The molecule has 1 radical (unpaired) electrons. The fourth-order valence-electron chi connectivity index (χ4n) is 16.6. The molecule has 6 heterocycles. The summed E-state index contributed by atoms with van der Waals surface area (Å²) in [5.74, 6) is -2.56. The van der Waals surface area contributed by atoms with Crippen molar-refractivity contribution in [1.29, 1.82) is 0 Å². The number of aliphatic hydroxyl groups is 1. The summed E-state index contributed by atoms with van der Waals surface area (Å²) in [5, 5.41) is 18.7. The average molecular weight is 2080 g/mol. The molecule has 0 saturated heterocycles. The molecule has 0 bridgehead atoms. The van der Waals surface area contributed by atoms with Gasteiger partial charge in [0.15, 0.2) is 11.7 Å². The number of aromatic nitrogens is 7. The van der Waals surface area contributed by atoms with Crippen LogP contribution in [0.4, 0.5) is 8.78 Å². The van der Waals surface area contributed by atoms with Crippen LogP contribution in [-0.4, -0.2) is 56.9 Å². The standard InChI is InChI=1S/C25H32N.C17H17F2N2.C17H20N3.C15H12O2.C13H17NO2.C12H8.Au.Ir.Pt/c1-24(11-3-4-12-24)18-20-8-7-9-22(16-20)23-17-21(10-15-26-23)19-25(2)13-5-6-14-25;1-17(7-2-3-8-17)11-12-6-9-20-15(10-12)14-5-4-13(18)16(19)21-14;1-17(7-2-3-8-17)9-6-14-11-19-16(20-12-14)15-5-4-10-18-13-15;16-14(12-7-3-1-4-8-12)11-15(17)13-9-5-2-6-10-13;1-13(5-2-3-6-13)9-10-4-7-14-11(8-10)12(15)16;1-3-7-11(8-4-1)12-9-5-2-6-10-12;;;/h7-8,10,15-17H,3-6,11-14,18-19H2,1-2H3;4,6,9-10H,2-3,7-8,11H2,1H3;4,10-13H,2-3,6-9H2,1H3;1-11,16H;4,7-8H,2-3,5-6,9H2,1H3,(H,15,16);1-7,9H;;;/q3*-1;;;-2;+3;;. The van der Waals surface area contributed by atoms with E-state index in [1.807, 2.05) is 110 Å². The van der Waals surface area contributed by atoms with Gasteiger partial charge in [0.2, 0.25) is 0 Å². The Labute approximate surface area is 724 Å². The summed E-state index contributed by atoms with van der Waals surface area (Å²) in [5.41, 5.74) is 16.0. The number of pyridine rings is 5. The molecule has 115 heavy (non-hydrogen) atoms. The number of nitrogens with zero attached hydrogens (tertiary/aromatic N) is 7. The predicted molar refractivity (Wildman–Crippen MR) is 443 cm³/mol. The molecule has 11 nitrogen and oxygen atoms in total. The molecule has 0 amide bonds. The van der Waals surface area contributed by atoms with Gasteiger partial charge in [0.1, 0.15) is 11.5 Å². The number of aryl methyl sites for hydroxylation is 1. The number of carbonyl (C=O) groups excluding carboxylic acids is 1. The molecule has 5 aliphatic rings. The largest absolute Gasteiger partial charge is 3.00 e. The molecule has 16 rings (SSSR count). The van der Waals surface area contributed by atoms with Crippen molar-refractivity contribution in [3.63, 3.8) is 0 Å². The zero-order valence-corrected chi connectivity index (χ0v) is 73.6. The van der Waals surface area contributed by atoms with Gasteiger partial charge < -0.3 is 25.2 Å². The van der Waals surface area contributed by atoms with E-state index in [1.54, 1.807) is 73.3 Å². The molecule has 2 N–H and O–H groups in total. The van der Waals surface area contributed by atoms with Crippen LogP contribution in [0, 0.1) is 69.2 Å². The van der Waals surface area contributed by atoms with Crippen molar-refractivity contribution in [2.75, 3.05) is 0 Å². The van der Waals surface area contributed by atoms with E-state index in [4.69, 9.17) is 5.11 Å². The summed E-state index contributed by atoms with van der Waals surface area (Å²) in [6.45, 7) is 11.9. The van der Waals surface area contributed by atoms with E-state index in [1.165, 1.54) is 170 Å². The molecule has 16 heteroatoms. The number of allylic oxidation sites excluding steroid dienone is 1. The molecular weight excluding hydrogens is 1970 g/mol. The zero-order chi connectivity index (χ0) is 78.7. The Morgan fingerprint density at radius 2 is 0.870 bits per heavy atom. The molecule has 0 unspecified atom stereocenters. The molecule has 6 aromatic heterocycles. The number of halogens is 2. The summed E-state index contributed by atoms with van der Waals surface area (Å²) in [6.07, 6.45) is 47.2. The van der Waals surface area contributed by atoms with Gasteiger partial charge >= 0.3 is 28.3 Å². The van der Waals surface area contributed by atoms with Crippen molar-refractivity contribution in [3.05, 3.63) is 312 Å². The quantitative estimate of drug-likeness (QED) is 0.0198. The summed E-state index contributed by atoms with van der Waals surface area (Å²) < 4.78 is 26.1. The molecule has 0 spiro atoms. The van der Waals surface area contributed by atoms with Crippen LogP contribution < -0.4 is 0 Å². The minimum atomic E-state index is -1.11. The zero-order valence-electron chi connectivity index (χ0n) is 66.8. The second-order valence-corrected chi connectivity index (χ2v) is 33.0. The molecule has 607 valence electrons. The first-order valence-electron chi connectivity index (χ1n) is 40.1. The van der Waals surface area contributed by atoms with Crippen molar-refractivity contribution in [1.82, 2.24) is 34.9 Å². The van der Waals surface area contributed by atoms with Crippen molar-refractivity contribution in [2.24, 2.45) is 27.1 Å². The molecule has 11 aromatic rings. The van der Waals surface area contributed by atoms with E-state index >= 15 is 0 Å². The predicted octanol–water partition coefficient (Wildman–Crippen LogP) is 24.3. The van der Waals surface area contributed by atoms with Crippen LogP contribution >= 0.6 is 0 Å². The van der Waals surface area contributed by atoms with E-state index in [9.17, 15) is 23.5 Å². The van der Waals surface area contributed by atoms with Crippen LogP contribution in [0.15, 0.2) is 225 Å². The third-order valence-electron chi connectivity index (χ3n) is 23.1. The summed E-state index contributed by atoms with van der Waals surface area (Å²) in [6, 6.07) is 70.6. The van der Waals surface area contributed by atoms with Crippen LogP contribution in [0.1, 0.15) is 224 Å². The topological polar surface area (TPSA) is 165 Å². The Kier molecular flexibility index (Phi) is 36.3. The van der Waals surface area contributed by atoms with Gasteiger partial charge in [-0.2, -0.15) is 59.0 Å². The minimum absolute atomic E-state index is 0. The normalized spacial score (nSPS) is 16.1. The molecule has 0 atom stereocenters. The number of hydrogen-bond acceptors (Lipinski definition) is 10. The minimum Gasteiger partial charge on any atom is -0.507 e. The monoisotopic (exact) mass is 2080 g/mol. The maximum absolute atomic E-state index is 13.2. The fraction of sp³-hybridized carbons (Fsp3) is 0.364. The number of carboxylic acids is 1. The van der Waals surface area contributed by atoms with Crippen LogP contribution in [-0.2, 0) is 95.7 Å². The van der Waals surface area contributed by atoms with Gasteiger partial charge in [-0.25, -0.2) is 20.9 Å². The number of benzene rings is 5. The van der Waals surface area contributed by atoms with Crippen molar-refractivity contribution >= 4 is 17.5 Å². The van der Waals surface area contributed by atoms with E-state index < -0.39 is 17.7 Å². The average Bonchev–Trinajstić information content (AvgIpc) is 1.81. The molecule has 5 aliphatic carbocycles. The number of carbonyl (C=O) groups is 2. The van der Waals surface area contributed by atoms with E-state index in [-0.39, 0.29) is 86.5 Å². The van der Waals surface area contributed by atoms with Crippen LogP contribution in [0.3, 0.4) is 0 Å². The van der Waals surface area contributed by atoms with Gasteiger partial charge in [-0.15, -0.1) is 65.7 Å². The third kappa shape index (κ3) is 29.0. The Bertz CT molecular complexity index is 4690. The molecule has 5 aromatic carbocycles. The first-order chi connectivity index (χ1) is 54.2. The van der Waals surface area contributed by atoms with Gasteiger partial charge in [0, 0.05) is 89.4 Å². The second kappa shape index (κ2) is 45.3. The van der Waals surface area contributed by atoms with Crippen molar-refractivity contribution in [2.45, 2.75) is 202 Å². The number of aromatic carboxylic acids is 1. The SMILES string of the molecule is CC1(CCc2cnc(-c3[c-]ccnc3)nc2)CCCC1.CC1(Cc2cc[c-]c(-c3cc(CC4(C)CCCC4)ccn3)c2)CCCC1.CC1(Cc2ccnc(-c3[c-]cc(F)c(F)n3)c2)CCCC1.CC1(Cc2ccnc(C(=O)O)c2)CCCC1.O=C(C=C(O)c1ccccc1)c1ccccc1.[Au+3].[Ir].[Pt].[c-]1ccccc1-c1[c-]cccc1. The Morgan fingerprint density at radius 1 is 0.435 bits per heavy atom. The van der Waals surface area contributed by atoms with Crippen LogP contribution in [0.2, 0.25) is 0 Å². The van der Waals surface area contributed by atoms with Crippen LogP contribution in [0.25, 0.3) is 50.9 Å². The van der Waals surface area contributed by atoms with Gasteiger partial charge in [-0.05, 0) is 182 Å². The van der Waals surface area contributed by atoms with Crippen LogP contribution in [0.5, 0.6) is 0 Å². The first-order valence-corrected chi connectivity index (χ1v) is 40.1. The van der Waals surface area contributed by atoms with Crippen molar-refractivity contribution in [3.8, 4) is 45.2 Å². The summed E-state index contributed by atoms with van der Waals surface area (Å²) in [7, 11) is 0. The van der Waals surface area contributed by atoms with Gasteiger partial charge in [0.25, 0.3) is 0 Å². The number of rotatable bonds is 19. The maximum Gasteiger partial charge on any atom is 3.00 e. The van der Waals surface area contributed by atoms with Gasteiger partial charge in [-0.1, -0.05) is 201 Å². The number of aliphatic hydroxyl groups excluding tert-OH is 1. The Hall–Kier alpha value is -8.45. The van der Waals surface area contributed by atoms with Gasteiger partial charge in [-0.3, -0.25) is 24.1 Å². The van der Waals surface area contributed by atoms with E-state index in [2.05, 4.69) is 130 Å². The molecule has 0 aliphatic heterocycles.